The number of carbonyl (C=O) groups is 1. The summed E-state index contributed by atoms with van der Waals surface area (Å²) in [5.74, 6) is -0.881. The van der Waals surface area contributed by atoms with Crippen LogP contribution in [-0.2, 0) is 14.9 Å². The zero-order valence-corrected chi connectivity index (χ0v) is 19.7. The highest BCUT2D eigenvalue weighted by atomic mass is 32.2. The van der Waals surface area contributed by atoms with Crippen molar-refractivity contribution in [2.45, 2.75) is 32.6 Å². The van der Waals surface area contributed by atoms with Crippen molar-refractivity contribution < 1.29 is 26.9 Å². The topological polar surface area (TPSA) is 114 Å². The number of ether oxygens (including phenoxy) is 2. The molecule has 1 aromatic heterocycles. The molecule has 0 aliphatic heterocycles. The number of hydrogen-bond donors (Lipinski definition) is 0. The van der Waals surface area contributed by atoms with Gasteiger partial charge >= 0.3 is 16.1 Å². The van der Waals surface area contributed by atoms with Crippen molar-refractivity contribution in [3.8, 4) is 17.2 Å². The first kappa shape index (κ1) is 24.0. The second-order valence-corrected chi connectivity index (χ2v) is 8.69. The first-order valence-corrected chi connectivity index (χ1v) is 11.5. The molecule has 0 amide bonds. The highest BCUT2D eigenvalue weighted by Crippen LogP contribution is 2.32. The molecule has 0 fully saturated rings. The van der Waals surface area contributed by atoms with Gasteiger partial charge in [0.05, 0.1) is 25.5 Å². The summed E-state index contributed by atoms with van der Waals surface area (Å²) in [5, 5.41) is 4.04. The van der Waals surface area contributed by atoms with E-state index in [1.165, 1.54) is 13.2 Å². The van der Waals surface area contributed by atoms with Gasteiger partial charge in [0.15, 0.2) is 5.75 Å². The number of aryl methyl sites for hydroxylation is 1. The van der Waals surface area contributed by atoms with Crippen molar-refractivity contribution in [3.05, 3.63) is 75.2 Å². The molecule has 0 aliphatic carbocycles. The molecule has 0 spiro atoms. The number of esters is 1. The highest BCUT2D eigenvalue weighted by molar-refractivity contribution is 7.87. The number of benzene rings is 2. The summed E-state index contributed by atoms with van der Waals surface area (Å²) < 4.78 is 42.9. The third-order valence-corrected chi connectivity index (χ3v) is 6.38. The SMILES string of the molecule is CCOC(=O)c1nn(-c2ccccc2)c(=O)cc1OS(=O)(=O)c1cc(C)c(OC)c(C)c1C. The molecule has 0 atom stereocenters. The Labute approximate surface area is 191 Å². The normalized spacial score (nSPS) is 11.2. The largest absolute Gasteiger partial charge is 0.496 e. The standard InChI is InChI=1S/C23H24N2O7S/c1-6-31-23(27)21-18(13-20(26)25(24-21)17-10-8-7-9-11-17)32-33(28,29)19-12-14(2)22(30-5)16(4)15(19)3/h7-13H,6H2,1-5H3. The van der Waals surface area contributed by atoms with Gasteiger partial charge in [-0.2, -0.15) is 18.2 Å². The van der Waals surface area contributed by atoms with E-state index in [0.29, 0.717) is 28.1 Å². The number of hydrogen-bond acceptors (Lipinski definition) is 8. The molecule has 0 saturated carbocycles. The number of rotatable bonds is 7. The monoisotopic (exact) mass is 472 g/mol. The molecule has 0 radical (unpaired) electrons. The zero-order chi connectivity index (χ0) is 24.3. The molecule has 0 bridgehead atoms. The summed E-state index contributed by atoms with van der Waals surface area (Å²) in [6.07, 6.45) is 0. The first-order valence-electron chi connectivity index (χ1n) is 10.1. The van der Waals surface area contributed by atoms with Gasteiger partial charge in [-0.15, -0.1) is 0 Å². The minimum atomic E-state index is -4.43. The van der Waals surface area contributed by atoms with Crippen LogP contribution in [0.3, 0.4) is 0 Å². The Morgan fingerprint density at radius 2 is 1.73 bits per heavy atom. The maximum atomic E-state index is 13.2. The van der Waals surface area contributed by atoms with Crippen LogP contribution in [0.5, 0.6) is 11.5 Å². The molecule has 3 aromatic rings. The van der Waals surface area contributed by atoms with E-state index in [-0.39, 0.29) is 11.5 Å². The molecule has 0 unspecified atom stereocenters. The van der Waals surface area contributed by atoms with Crippen LogP contribution in [0, 0.1) is 20.8 Å². The Morgan fingerprint density at radius 3 is 2.33 bits per heavy atom. The van der Waals surface area contributed by atoms with Crippen molar-refractivity contribution in [1.82, 2.24) is 9.78 Å². The Morgan fingerprint density at radius 1 is 1.06 bits per heavy atom. The fourth-order valence-electron chi connectivity index (χ4n) is 3.36. The molecular weight excluding hydrogens is 448 g/mol. The molecule has 33 heavy (non-hydrogen) atoms. The van der Waals surface area contributed by atoms with Gasteiger partial charge in [-0.3, -0.25) is 4.79 Å². The maximum absolute atomic E-state index is 13.2. The van der Waals surface area contributed by atoms with Gasteiger partial charge < -0.3 is 13.7 Å². The molecule has 1 heterocycles. The Hall–Kier alpha value is -3.66. The minimum Gasteiger partial charge on any atom is -0.496 e. The van der Waals surface area contributed by atoms with Gasteiger partial charge in [0.2, 0.25) is 5.69 Å². The fourth-order valence-corrected chi connectivity index (χ4v) is 4.66. The maximum Gasteiger partial charge on any atom is 0.362 e. The fraction of sp³-hybridized carbons (Fsp3) is 0.261. The average Bonchev–Trinajstić information content (AvgIpc) is 2.77. The molecule has 10 heteroatoms. The van der Waals surface area contributed by atoms with Crippen LogP contribution in [-0.4, -0.2) is 37.9 Å². The van der Waals surface area contributed by atoms with Gasteiger partial charge in [0, 0.05) is 0 Å². The Balaban J connectivity index is 2.16. The zero-order valence-electron chi connectivity index (χ0n) is 18.9. The lowest BCUT2D eigenvalue weighted by molar-refractivity contribution is 0.0515. The number of para-hydroxylation sites is 1. The molecule has 174 valence electrons. The molecule has 0 N–H and O–H groups in total. The lowest BCUT2D eigenvalue weighted by Gasteiger charge is -2.17. The quantitative estimate of drug-likeness (QED) is 0.381. The predicted molar refractivity (Wildman–Crippen MR) is 121 cm³/mol. The summed E-state index contributed by atoms with van der Waals surface area (Å²) in [4.78, 5) is 25.2. The summed E-state index contributed by atoms with van der Waals surface area (Å²) in [6.45, 7) is 6.66. The molecule has 2 aromatic carbocycles. The number of aromatic nitrogens is 2. The van der Waals surface area contributed by atoms with Gasteiger partial charge in [-0.1, -0.05) is 18.2 Å². The summed E-state index contributed by atoms with van der Waals surface area (Å²) in [6, 6.07) is 10.7. The summed E-state index contributed by atoms with van der Waals surface area (Å²) in [5.41, 5.74) is 0.899. The van der Waals surface area contributed by atoms with E-state index >= 15 is 0 Å². The third-order valence-electron chi connectivity index (χ3n) is 5.02. The van der Waals surface area contributed by atoms with E-state index in [9.17, 15) is 18.0 Å². The van der Waals surface area contributed by atoms with Crippen LogP contribution in [0.1, 0.15) is 34.1 Å². The highest BCUT2D eigenvalue weighted by Gasteiger charge is 2.28. The van der Waals surface area contributed by atoms with Crippen LogP contribution in [0.4, 0.5) is 0 Å². The number of methoxy groups -OCH3 is 1. The van der Waals surface area contributed by atoms with Crippen molar-refractivity contribution in [1.29, 1.82) is 0 Å². The van der Waals surface area contributed by atoms with Crippen molar-refractivity contribution in [2.75, 3.05) is 13.7 Å². The molecule has 3 rings (SSSR count). The van der Waals surface area contributed by atoms with E-state index in [4.69, 9.17) is 13.7 Å². The van der Waals surface area contributed by atoms with Crippen LogP contribution < -0.4 is 14.5 Å². The van der Waals surface area contributed by atoms with Crippen LogP contribution >= 0.6 is 0 Å². The summed E-state index contributed by atoms with van der Waals surface area (Å²) in [7, 11) is -2.93. The lowest BCUT2D eigenvalue weighted by atomic mass is 10.1. The minimum absolute atomic E-state index is 0.0210. The van der Waals surface area contributed by atoms with Gasteiger partial charge in [-0.05, 0) is 62.6 Å². The Kier molecular flexibility index (Phi) is 6.87. The molecule has 0 aliphatic rings. The van der Waals surface area contributed by atoms with E-state index in [1.807, 2.05) is 0 Å². The smallest absolute Gasteiger partial charge is 0.362 e. The van der Waals surface area contributed by atoms with Crippen LogP contribution in [0.15, 0.2) is 52.2 Å². The van der Waals surface area contributed by atoms with Crippen LogP contribution in [0.2, 0.25) is 0 Å². The second kappa shape index (κ2) is 9.45. The van der Waals surface area contributed by atoms with Crippen molar-refractivity contribution in [3.63, 3.8) is 0 Å². The predicted octanol–water partition coefficient (Wildman–Crippen LogP) is 3.11. The molecular formula is C23H24N2O7S. The number of nitrogens with zero attached hydrogens (tertiary/aromatic N) is 2. The van der Waals surface area contributed by atoms with E-state index < -0.39 is 33.1 Å². The Bertz CT molecular complexity index is 1360. The number of carbonyl (C=O) groups excluding carboxylic acids is 1. The van der Waals surface area contributed by atoms with Crippen LogP contribution in [0.25, 0.3) is 5.69 Å². The van der Waals surface area contributed by atoms with Crippen molar-refractivity contribution >= 4 is 16.1 Å². The van der Waals surface area contributed by atoms with Gasteiger partial charge in [0.1, 0.15) is 10.6 Å². The first-order chi connectivity index (χ1) is 15.6. The third kappa shape index (κ3) is 4.75. The van der Waals surface area contributed by atoms with E-state index in [2.05, 4.69) is 5.10 Å². The van der Waals surface area contributed by atoms with E-state index in [1.54, 1.807) is 58.0 Å². The summed E-state index contributed by atoms with van der Waals surface area (Å²) >= 11 is 0. The second-order valence-electron chi connectivity index (χ2n) is 7.18. The van der Waals surface area contributed by atoms with Crippen molar-refractivity contribution in [2.24, 2.45) is 0 Å². The molecule has 0 saturated heterocycles. The van der Waals surface area contributed by atoms with E-state index in [0.717, 1.165) is 10.7 Å². The van der Waals surface area contributed by atoms with Gasteiger partial charge in [0.25, 0.3) is 5.56 Å². The average molecular weight is 473 g/mol. The lowest BCUT2D eigenvalue weighted by Crippen LogP contribution is -2.26. The van der Waals surface area contributed by atoms with Gasteiger partial charge in [-0.25, -0.2) is 4.79 Å². The molecule has 9 nitrogen and oxygen atoms in total.